The lowest BCUT2D eigenvalue weighted by molar-refractivity contribution is 0.309. The summed E-state index contributed by atoms with van der Waals surface area (Å²) in [5.74, 6) is 1.77. The van der Waals surface area contributed by atoms with Crippen molar-refractivity contribution in [2.24, 2.45) is 0 Å². The van der Waals surface area contributed by atoms with Crippen molar-refractivity contribution in [1.82, 2.24) is 14.4 Å². The molecule has 142 valence electrons. The first-order valence-corrected chi connectivity index (χ1v) is 9.92. The summed E-state index contributed by atoms with van der Waals surface area (Å²) in [6.45, 7) is 2.87. The van der Waals surface area contributed by atoms with Crippen LogP contribution in [-0.4, -0.2) is 21.0 Å². The van der Waals surface area contributed by atoms with Crippen LogP contribution >= 0.6 is 11.6 Å². The Bertz CT molecular complexity index is 1080. The number of rotatable bonds is 7. The lowest BCUT2D eigenvalue weighted by Gasteiger charge is -2.07. The molecule has 4 nitrogen and oxygen atoms in total. The number of imidazole rings is 1. The molecular weight excluding hydrogens is 370 g/mol. The van der Waals surface area contributed by atoms with Gasteiger partial charge in [-0.15, -0.1) is 0 Å². The molecule has 0 unspecified atom stereocenters. The van der Waals surface area contributed by atoms with Crippen LogP contribution in [0, 0.1) is 0 Å². The van der Waals surface area contributed by atoms with E-state index in [0.717, 1.165) is 47.6 Å². The van der Waals surface area contributed by atoms with Gasteiger partial charge in [-0.25, -0.2) is 9.97 Å². The molecule has 28 heavy (non-hydrogen) atoms. The molecule has 0 N–H and O–H groups in total. The molecule has 0 radical (unpaired) electrons. The molecule has 0 amide bonds. The van der Waals surface area contributed by atoms with Crippen LogP contribution in [0.25, 0.3) is 16.8 Å². The van der Waals surface area contributed by atoms with Crippen LogP contribution in [0.3, 0.4) is 0 Å². The molecule has 4 aromatic rings. The van der Waals surface area contributed by atoms with Crippen molar-refractivity contribution in [2.45, 2.75) is 26.2 Å². The highest BCUT2D eigenvalue weighted by atomic mass is 35.5. The Balaban J connectivity index is 1.76. The first kappa shape index (κ1) is 18.5. The number of unbranched alkanes of at least 4 members (excludes halogenated alkanes) is 1. The van der Waals surface area contributed by atoms with Crippen LogP contribution in [0.2, 0.25) is 5.15 Å². The lowest BCUT2D eigenvalue weighted by Crippen LogP contribution is -1.96. The van der Waals surface area contributed by atoms with Crippen LogP contribution in [-0.2, 0) is 6.42 Å². The van der Waals surface area contributed by atoms with Crippen LogP contribution in [0.4, 0.5) is 0 Å². The Labute approximate surface area is 169 Å². The first-order valence-electron chi connectivity index (χ1n) is 9.55. The van der Waals surface area contributed by atoms with Crippen molar-refractivity contribution in [3.8, 4) is 17.0 Å². The van der Waals surface area contributed by atoms with Gasteiger partial charge in [0.25, 0.3) is 0 Å². The highest BCUT2D eigenvalue weighted by Gasteiger charge is 2.17. The highest BCUT2D eigenvalue weighted by Crippen LogP contribution is 2.31. The molecule has 0 saturated heterocycles. The topological polar surface area (TPSA) is 39.4 Å². The molecule has 0 aliphatic rings. The Hall–Kier alpha value is -2.85. The van der Waals surface area contributed by atoms with E-state index in [9.17, 15) is 0 Å². The molecule has 0 bridgehead atoms. The van der Waals surface area contributed by atoms with Gasteiger partial charge in [0, 0.05) is 24.4 Å². The Morgan fingerprint density at radius 2 is 1.93 bits per heavy atom. The number of fused-ring (bicyclic) bond motifs is 1. The van der Waals surface area contributed by atoms with E-state index in [1.807, 2.05) is 53.1 Å². The number of ether oxygens (including phenoxy) is 1. The zero-order chi connectivity index (χ0) is 19.3. The van der Waals surface area contributed by atoms with Crippen LogP contribution < -0.4 is 4.74 Å². The van der Waals surface area contributed by atoms with Crippen molar-refractivity contribution in [3.63, 3.8) is 0 Å². The summed E-state index contributed by atoms with van der Waals surface area (Å²) in [6.07, 6.45) is 6.48. The zero-order valence-corrected chi connectivity index (χ0v) is 16.6. The number of halogens is 1. The number of hydrogen-bond donors (Lipinski definition) is 0. The summed E-state index contributed by atoms with van der Waals surface area (Å²) in [4.78, 5) is 9.21. The SMILES string of the molecule is CCCCOc1cccc(-c2nc(Cc3ccccc3)n3ccnc(Cl)c23)c1. The Morgan fingerprint density at radius 1 is 1.07 bits per heavy atom. The summed E-state index contributed by atoms with van der Waals surface area (Å²) < 4.78 is 7.90. The van der Waals surface area contributed by atoms with Crippen LogP contribution in [0.15, 0.2) is 67.0 Å². The fraction of sp³-hybridized carbons (Fsp3) is 0.217. The van der Waals surface area contributed by atoms with Gasteiger partial charge in [0.05, 0.1) is 12.3 Å². The smallest absolute Gasteiger partial charge is 0.155 e. The third-order valence-electron chi connectivity index (χ3n) is 4.66. The molecule has 0 saturated carbocycles. The molecule has 0 fully saturated rings. The molecule has 2 heterocycles. The lowest BCUT2D eigenvalue weighted by atomic mass is 10.1. The van der Waals surface area contributed by atoms with E-state index < -0.39 is 0 Å². The molecule has 0 aliphatic heterocycles. The van der Waals surface area contributed by atoms with Crippen molar-refractivity contribution < 1.29 is 4.74 Å². The minimum Gasteiger partial charge on any atom is -0.494 e. The molecule has 5 heteroatoms. The van der Waals surface area contributed by atoms with Gasteiger partial charge in [-0.3, -0.25) is 4.40 Å². The van der Waals surface area contributed by atoms with Gasteiger partial charge in [-0.1, -0.05) is 67.4 Å². The predicted octanol–water partition coefficient (Wildman–Crippen LogP) is 5.82. The molecular formula is C23H22ClN3O. The maximum atomic E-state index is 6.47. The second-order valence-corrected chi connectivity index (χ2v) is 7.06. The molecule has 2 aromatic heterocycles. The van der Waals surface area contributed by atoms with E-state index in [-0.39, 0.29) is 0 Å². The molecule has 0 atom stereocenters. The third-order valence-corrected chi connectivity index (χ3v) is 4.94. The van der Waals surface area contributed by atoms with Gasteiger partial charge < -0.3 is 4.74 Å². The van der Waals surface area contributed by atoms with Crippen molar-refractivity contribution in [3.05, 3.63) is 83.5 Å². The van der Waals surface area contributed by atoms with Crippen molar-refractivity contribution >= 4 is 17.1 Å². The van der Waals surface area contributed by atoms with Gasteiger partial charge in [0.1, 0.15) is 17.1 Å². The third kappa shape index (κ3) is 3.87. The summed E-state index contributed by atoms with van der Waals surface area (Å²) >= 11 is 6.47. The maximum absolute atomic E-state index is 6.47. The van der Waals surface area contributed by atoms with Gasteiger partial charge in [0.2, 0.25) is 0 Å². The number of nitrogens with zero attached hydrogens (tertiary/aromatic N) is 3. The summed E-state index contributed by atoms with van der Waals surface area (Å²) in [6, 6.07) is 18.3. The van der Waals surface area contributed by atoms with Crippen molar-refractivity contribution in [2.75, 3.05) is 6.61 Å². The fourth-order valence-electron chi connectivity index (χ4n) is 3.24. The van der Waals surface area contributed by atoms with Crippen molar-refractivity contribution in [1.29, 1.82) is 0 Å². The van der Waals surface area contributed by atoms with Gasteiger partial charge >= 0.3 is 0 Å². The molecule has 2 aromatic carbocycles. The number of aromatic nitrogens is 3. The Morgan fingerprint density at radius 3 is 2.75 bits per heavy atom. The predicted molar refractivity (Wildman–Crippen MR) is 113 cm³/mol. The quantitative estimate of drug-likeness (QED) is 0.372. The van der Waals surface area contributed by atoms with E-state index in [1.165, 1.54) is 5.56 Å². The Kier molecular flexibility index (Phi) is 5.58. The second-order valence-electron chi connectivity index (χ2n) is 6.71. The highest BCUT2D eigenvalue weighted by molar-refractivity contribution is 6.33. The standard InChI is InChI=1S/C23H22ClN3O/c1-2-3-14-28-19-11-7-10-18(16-19)21-22-23(24)25-12-13-27(22)20(26-21)15-17-8-5-4-6-9-17/h4-13,16H,2-3,14-15H2,1H3. The van der Waals surface area contributed by atoms with E-state index in [1.54, 1.807) is 6.20 Å². The van der Waals surface area contributed by atoms with Gasteiger partial charge in [0.15, 0.2) is 5.15 Å². The van der Waals surface area contributed by atoms with E-state index in [0.29, 0.717) is 11.8 Å². The first-order chi connectivity index (χ1) is 13.8. The zero-order valence-electron chi connectivity index (χ0n) is 15.8. The minimum atomic E-state index is 0.446. The number of benzene rings is 2. The van der Waals surface area contributed by atoms with Crippen LogP contribution in [0.1, 0.15) is 31.2 Å². The van der Waals surface area contributed by atoms with E-state index in [4.69, 9.17) is 21.3 Å². The molecule has 0 spiro atoms. The molecule has 0 aliphatic carbocycles. The largest absolute Gasteiger partial charge is 0.494 e. The summed E-state index contributed by atoms with van der Waals surface area (Å²) in [7, 11) is 0. The minimum absolute atomic E-state index is 0.446. The van der Waals surface area contributed by atoms with E-state index in [2.05, 4.69) is 24.0 Å². The maximum Gasteiger partial charge on any atom is 0.155 e. The van der Waals surface area contributed by atoms with Crippen LogP contribution in [0.5, 0.6) is 5.75 Å². The average Bonchev–Trinajstić information content (AvgIpc) is 3.09. The second kappa shape index (κ2) is 8.44. The summed E-state index contributed by atoms with van der Waals surface area (Å²) in [5, 5.41) is 0.446. The van der Waals surface area contributed by atoms with Gasteiger partial charge in [-0.2, -0.15) is 0 Å². The average molecular weight is 392 g/mol. The monoisotopic (exact) mass is 391 g/mol. The normalized spacial score (nSPS) is 11.1. The van der Waals surface area contributed by atoms with Gasteiger partial charge in [-0.05, 0) is 24.1 Å². The fourth-order valence-corrected chi connectivity index (χ4v) is 3.47. The molecule has 4 rings (SSSR count). The number of hydrogen-bond acceptors (Lipinski definition) is 3. The summed E-state index contributed by atoms with van der Waals surface area (Å²) in [5.41, 5.74) is 3.82. The van der Waals surface area contributed by atoms with E-state index >= 15 is 0 Å².